The average molecular weight is 421 g/mol. The summed E-state index contributed by atoms with van der Waals surface area (Å²) in [5, 5.41) is 3.28. The van der Waals surface area contributed by atoms with Gasteiger partial charge < -0.3 is 16.0 Å². The quantitative estimate of drug-likeness (QED) is 0.583. The van der Waals surface area contributed by atoms with Gasteiger partial charge in [0.05, 0.1) is 23.4 Å². The maximum absolute atomic E-state index is 13.0. The number of halogens is 2. The van der Waals surface area contributed by atoms with E-state index in [0.717, 1.165) is 41.4 Å². The predicted octanol–water partition coefficient (Wildman–Crippen LogP) is 3.99. The lowest BCUT2D eigenvalue weighted by atomic mass is 9.93. The molecule has 4 N–H and O–H groups in total. The fourth-order valence-electron chi connectivity index (χ4n) is 4.05. The second-order valence-corrected chi connectivity index (χ2v) is 7.06. The van der Waals surface area contributed by atoms with Crippen molar-refractivity contribution >= 4 is 41.8 Å². The number of amides is 1. The number of nitrogens with zero attached hydrogens (tertiary/aromatic N) is 1. The predicted molar refractivity (Wildman–Crippen MR) is 117 cm³/mol. The summed E-state index contributed by atoms with van der Waals surface area (Å²) < 4.78 is 0. The minimum Gasteiger partial charge on any atom is -0.345 e. The van der Waals surface area contributed by atoms with Crippen LogP contribution in [0.25, 0.3) is 11.0 Å². The molecule has 1 unspecified atom stereocenters. The molecule has 1 amide bonds. The summed E-state index contributed by atoms with van der Waals surface area (Å²) in [6.45, 7) is 0.578. The van der Waals surface area contributed by atoms with Crippen LogP contribution in [0.5, 0.6) is 0 Å². The highest BCUT2D eigenvalue weighted by Gasteiger charge is 2.33. The van der Waals surface area contributed by atoms with Crippen LogP contribution in [0.2, 0.25) is 0 Å². The number of benzene rings is 2. The molecular weight excluding hydrogens is 395 g/mol. The van der Waals surface area contributed by atoms with Gasteiger partial charge in [-0.05, 0) is 48.6 Å². The van der Waals surface area contributed by atoms with Crippen molar-refractivity contribution < 1.29 is 4.79 Å². The van der Waals surface area contributed by atoms with E-state index < -0.39 is 0 Å². The lowest BCUT2D eigenvalue weighted by molar-refractivity contribution is -0.126. The second kappa shape index (κ2) is 9.92. The third-order valence-corrected chi connectivity index (χ3v) is 5.50. The highest BCUT2D eigenvalue weighted by atomic mass is 35.5. The second-order valence-electron chi connectivity index (χ2n) is 7.06. The Kier molecular flexibility index (Phi) is 7.87. The summed E-state index contributed by atoms with van der Waals surface area (Å²) in [4.78, 5) is 20.4. The zero-order valence-electron chi connectivity index (χ0n) is 15.5. The molecule has 2 aromatic carbocycles. The number of nitrogens with one attached hydrogen (secondary N) is 2. The Bertz CT molecular complexity index is 900. The molecule has 1 heterocycles. The van der Waals surface area contributed by atoms with Crippen molar-refractivity contribution in [1.29, 1.82) is 0 Å². The molecule has 0 bridgehead atoms. The van der Waals surface area contributed by atoms with E-state index in [-0.39, 0.29) is 42.7 Å². The SMILES string of the molecule is Cl.Cl.NC[C@H]1CCC[C@H]1C(=O)NC(c1ccccc1)c1ccc2nc[nH]c2c1. The number of imidazole rings is 1. The minimum atomic E-state index is -0.185. The van der Waals surface area contributed by atoms with Gasteiger partial charge in [0.1, 0.15) is 0 Å². The number of rotatable bonds is 5. The van der Waals surface area contributed by atoms with E-state index in [0.29, 0.717) is 12.5 Å². The van der Waals surface area contributed by atoms with Gasteiger partial charge >= 0.3 is 0 Å². The molecule has 1 fully saturated rings. The molecule has 0 radical (unpaired) electrons. The third-order valence-electron chi connectivity index (χ3n) is 5.50. The fourth-order valence-corrected chi connectivity index (χ4v) is 4.05. The Labute approximate surface area is 177 Å². The summed E-state index contributed by atoms with van der Waals surface area (Å²) >= 11 is 0. The topological polar surface area (TPSA) is 83.8 Å². The van der Waals surface area contributed by atoms with Gasteiger partial charge in [-0.25, -0.2) is 4.98 Å². The molecule has 28 heavy (non-hydrogen) atoms. The van der Waals surface area contributed by atoms with E-state index >= 15 is 0 Å². The van der Waals surface area contributed by atoms with Crippen molar-refractivity contribution in [3.8, 4) is 0 Å². The molecule has 3 aromatic rings. The van der Waals surface area contributed by atoms with Gasteiger partial charge in [-0.2, -0.15) is 0 Å². The van der Waals surface area contributed by atoms with Gasteiger partial charge in [-0.3, -0.25) is 4.79 Å². The van der Waals surface area contributed by atoms with Crippen LogP contribution in [-0.2, 0) is 4.79 Å². The van der Waals surface area contributed by atoms with Gasteiger partial charge in [0.15, 0.2) is 0 Å². The molecule has 1 saturated carbocycles. The molecule has 0 saturated heterocycles. The van der Waals surface area contributed by atoms with Gasteiger partial charge in [0, 0.05) is 5.92 Å². The molecule has 1 aliphatic carbocycles. The van der Waals surface area contributed by atoms with E-state index in [9.17, 15) is 4.79 Å². The molecule has 0 spiro atoms. The van der Waals surface area contributed by atoms with Crippen LogP contribution in [0.4, 0.5) is 0 Å². The van der Waals surface area contributed by atoms with E-state index in [1.54, 1.807) is 6.33 Å². The van der Waals surface area contributed by atoms with Crippen molar-refractivity contribution in [2.45, 2.75) is 25.3 Å². The van der Waals surface area contributed by atoms with Gasteiger partial charge in [0.2, 0.25) is 5.91 Å². The molecule has 5 nitrogen and oxygen atoms in total. The number of hydrogen-bond donors (Lipinski definition) is 3. The molecule has 0 aliphatic heterocycles. The van der Waals surface area contributed by atoms with E-state index in [4.69, 9.17) is 5.73 Å². The first-order chi connectivity index (χ1) is 12.8. The van der Waals surface area contributed by atoms with Crippen LogP contribution in [0.15, 0.2) is 54.9 Å². The number of aromatic amines is 1. The van der Waals surface area contributed by atoms with Crippen molar-refractivity contribution in [3.05, 3.63) is 66.0 Å². The number of carbonyl (C=O) groups is 1. The molecule has 150 valence electrons. The van der Waals surface area contributed by atoms with Crippen LogP contribution in [-0.4, -0.2) is 22.4 Å². The lowest BCUT2D eigenvalue weighted by Crippen LogP contribution is -2.37. The summed E-state index contributed by atoms with van der Waals surface area (Å²) in [7, 11) is 0. The molecular formula is C21H26Cl2N4O. The lowest BCUT2D eigenvalue weighted by Gasteiger charge is -2.24. The van der Waals surface area contributed by atoms with Crippen LogP contribution < -0.4 is 11.1 Å². The van der Waals surface area contributed by atoms with Crippen molar-refractivity contribution in [3.63, 3.8) is 0 Å². The first kappa shape index (κ1) is 22.2. The highest BCUT2D eigenvalue weighted by Crippen LogP contribution is 2.32. The molecule has 3 atom stereocenters. The largest absolute Gasteiger partial charge is 0.345 e. The van der Waals surface area contributed by atoms with Gasteiger partial charge in [0.25, 0.3) is 0 Å². The summed E-state index contributed by atoms with van der Waals surface area (Å²) in [5.74, 6) is 0.417. The standard InChI is InChI=1S/C21H24N4O.2ClH/c22-12-16-7-4-8-17(16)21(26)25-20(14-5-2-1-3-6-14)15-9-10-18-19(11-15)24-13-23-18;;/h1-3,5-6,9-11,13,16-17,20H,4,7-8,12,22H2,(H,23,24)(H,25,26);2*1H/t16-,17-,20?;;/m1../s1. The zero-order valence-corrected chi connectivity index (χ0v) is 17.1. The Morgan fingerprint density at radius 2 is 1.93 bits per heavy atom. The van der Waals surface area contributed by atoms with Crippen molar-refractivity contribution in [2.75, 3.05) is 6.54 Å². The first-order valence-electron chi connectivity index (χ1n) is 9.24. The molecule has 7 heteroatoms. The Hall–Kier alpha value is -2.08. The number of hydrogen-bond acceptors (Lipinski definition) is 3. The number of aromatic nitrogens is 2. The zero-order chi connectivity index (χ0) is 17.9. The maximum Gasteiger partial charge on any atom is 0.224 e. The fraction of sp³-hybridized carbons (Fsp3) is 0.333. The summed E-state index contributed by atoms with van der Waals surface area (Å²) in [5.41, 5.74) is 9.88. The smallest absolute Gasteiger partial charge is 0.224 e. The Balaban J connectivity index is 0.00000140. The summed E-state index contributed by atoms with van der Waals surface area (Å²) in [6.07, 6.45) is 4.74. The Morgan fingerprint density at radius 1 is 1.14 bits per heavy atom. The van der Waals surface area contributed by atoms with E-state index in [1.165, 1.54) is 0 Å². The number of fused-ring (bicyclic) bond motifs is 1. The monoisotopic (exact) mass is 420 g/mol. The normalized spacial score (nSPS) is 19.5. The third kappa shape index (κ3) is 4.49. The van der Waals surface area contributed by atoms with Crippen LogP contribution in [0, 0.1) is 11.8 Å². The molecule has 4 rings (SSSR count). The van der Waals surface area contributed by atoms with Gasteiger partial charge in [-0.15, -0.1) is 24.8 Å². The number of carbonyl (C=O) groups excluding carboxylic acids is 1. The minimum absolute atomic E-state index is 0. The van der Waals surface area contributed by atoms with Crippen LogP contribution in [0.3, 0.4) is 0 Å². The van der Waals surface area contributed by atoms with E-state index in [1.807, 2.05) is 30.3 Å². The van der Waals surface area contributed by atoms with E-state index in [2.05, 4.69) is 33.5 Å². The maximum atomic E-state index is 13.0. The Morgan fingerprint density at radius 3 is 2.68 bits per heavy atom. The highest BCUT2D eigenvalue weighted by molar-refractivity contribution is 5.85. The summed E-state index contributed by atoms with van der Waals surface area (Å²) in [6, 6.07) is 16.0. The first-order valence-corrected chi connectivity index (χ1v) is 9.24. The van der Waals surface area contributed by atoms with Crippen molar-refractivity contribution in [1.82, 2.24) is 15.3 Å². The number of H-pyrrole nitrogens is 1. The van der Waals surface area contributed by atoms with Crippen LogP contribution in [0.1, 0.15) is 36.4 Å². The molecule has 1 aromatic heterocycles. The van der Waals surface area contributed by atoms with Gasteiger partial charge in [-0.1, -0.05) is 42.8 Å². The van der Waals surface area contributed by atoms with Crippen molar-refractivity contribution in [2.24, 2.45) is 17.6 Å². The number of nitrogens with two attached hydrogens (primary N) is 1. The molecule has 1 aliphatic rings. The average Bonchev–Trinajstić information content (AvgIpc) is 3.34. The van der Waals surface area contributed by atoms with Crippen LogP contribution >= 0.6 is 24.8 Å².